The first-order valence-corrected chi connectivity index (χ1v) is 12.8. The predicted molar refractivity (Wildman–Crippen MR) is 148 cm³/mol. The lowest BCUT2D eigenvalue weighted by atomic mass is 10.1. The number of rotatable bonds is 4. The van der Waals surface area contributed by atoms with Gasteiger partial charge in [-0.1, -0.05) is 32.4 Å². The number of aryl methyl sites for hydroxylation is 1. The van der Waals surface area contributed by atoms with Crippen LogP contribution in [0.1, 0.15) is 37.1 Å². The molecule has 7 nitrogen and oxygen atoms in total. The van der Waals surface area contributed by atoms with Crippen molar-refractivity contribution < 1.29 is 6.22 Å². The number of fused-ring (bicyclic) bond motifs is 1. The lowest BCUT2D eigenvalue weighted by molar-refractivity contribution is 0.102. The lowest BCUT2D eigenvalue weighted by Crippen LogP contribution is -2.44. The number of anilines is 2. The molecule has 0 bridgehead atoms. The van der Waals surface area contributed by atoms with Gasteiger partial charge in [0.1, 0.15) is 11.6 Å². The topological polar surface area (TPSA) is 74.2 Å². The van der Waals surface area contributed by atoms with Crippen LogP contribution in [0.2, 0.25) is 0 Å². The van der Waals surface area contributed by atoms with E-state index >= 15 is 0 Å². The van der Waals surface area contributed by atoms with E-state index in [1.54, 1.807) is 29.8 Å². The molecule has 184 valence electrons. The molecule has 1 aliphatic heterocycles. The molecule has 1 aliphatic rings. The van der Waals surface area contributed by atoms with Crippen LogP contribution in [0.15, 0.2) is 55.0 Å². The Labute approximate surface area is 212 Å². The molecular formula is C27H34N6OS. The van der Waals surface area contributed by atoms with Crippen LogP contribution >= 0.6 is 11.3 Å². The number of pyridine rings is 2. The number of carbonyl (C=O) groups is 1. The highest BCUT2D eigenvalue weighted by molar-refractivity contribution is 7.15. The van der Waals surface area contributed by atoms with Crippen LogP contribution in [-0.2, 0) is 0 Å². The summed E-state index contributed by atoms with van der Waals surface area (Å²) < 4.78 is 0. The van der Waals surface area contributed by atoms with Gasteiger partial charge < -0.3 is 15.1 Å². The predicted octanol–water partition coefficient (Wildman–Crippen LogP) is 5.73. The van der Waals surface area contributed by atoms with Crippen molar-refractivity contribution >= 4 is 39.7 Å². The number of hydrogen-bond acceptors (Lipinski definition) is 7. The molecule has 35 heavy (non-hydrogen) atoms. The van der Waals surface area contributed by atoms with Gasteiger partial charge in [-0.05, 0) is 49.2 Å². The van der Waals surface area contributed by atoms with E-state index in [4.69, 9.17) is 0 Å². The van der Waals surface area contributed by atoms with Crippen molar-refractivity contribution in [1.82, 2.24) is 19.9 Å². The molecule has 0 unspecified atom stereocenters. The standard InChI is InChI=1S/C24H24N6OS.C3H8.H2/c1-16-26-15-21(32-16)17-3-4-19-14-27-22(12-20(19)11-17)28-24(31)18-5-6-25-23(13-18)30-9-7-29(2)8-10-30;1-3-2;/h3-6,11-15H,7-10H2,1-2H3,(H,27,28,31);3H2,1-2H3;1H. The van der Waals surface area contributed by atoms with E-state index in [2.05, 4.69) is 63.1 Å². The molecular weight excluding hydrogens is 456 g/mol. The van der Waals surface area contributed by atoms with Gasteiger partial charge in [-0.3, -0.25) is 4.79 Å². The van der Waals surface area contributed by atoms with Gasteiger partial charge in [-0.25, -0.2) is 15.0 Å². The second kappa shape index (κ2) is 11.4. The van der Waals surface area contributed by atoms with Crippen LogP contribution in [0, 0.1) is 6.92 Å². The summed E-state index contributed by atoms with van der Waals surface area (Å²) in [5.74, 6) is 1.17. The molecule has 8 heteroatoms. The lowest BCUT2D eigenvalue weighted by Gasteiger charge is -2.33. The van der Waals surface area contributed by atoms with E-state index < -0.39 is 0 Å². The van der Waals surface area contributed by atoms with Gasteiger partial charge >= 0.3 is 0 Å². The SMILES string of the molecule is CCC.Cc1ncc(-c2ccc3cnc(NC(=O)c4ccnc(N5CCN(C)CC5)c4)cc3c2)s1.[HH]. The Morgan fingerprint density at radius 2 is 1.77 bits per heavy atom. The van der Waals surface area contributed by atoms with E-state index in [1.165, 1.54) is 6.42 Å². The van der Waals surface area contributed by atoms with E-state index in [1.807, 2.05) is 31.3 Å². The van der Waals surface area contributed by atoms with Gasteiger partial charge in [0.05, 0.1) is 9.88 Å². The van der Waals surface area contributed by atoms with Gasteiger partial charge in [-0.15, -0.1) is 11.3 Å². The molecule has 5 rings (SSSR count). The second-order valence-corrected chi connectivity index (χ2v) is 9.96. The summed E-state index contributed by atoms with van der Waals surface area (Å²) in [5, 5.41) is 6.02. The summed E-state index contributed by atoms with van der Waals surface area (Å²) in [6.45, 7) is 10.0. The number of nitrogens with zero attached hydrogens (tertiary/aromatic N) is 5. The molecule has 1 fully saturated rings. The Balaban J connectivity index is 0.000000861. The van der Waals surface area contributed by atoms with Crippen LogP contribution in [0.3, 0.4) is 0 Å². The molecule has 0 saturated carbocycles. The smallest absolute Gasteiger partial charge is 0.257 e. The number of nitrogens with one attached hydrogen (secondary N) is 1. The Morgan fingerprint density at radius 3 is 2.49 bits per heavy atom. The Kier molecular flexibility index (Phi) is 8.05. The maximum absolute atomic E-state index is 12.9. The average molecular weight is 491 g/mol. The fraction of sp³-hybridized carbons (Fsp3) is 0.333. The van der Waals surface area contributed by atoms with Gasteiger partial charge in [0, 0.05) is 57.1 Å². The first-order chi connectivity index (χ1) is 17.0. The maximum atomic E-state index is 12.9. The molecule has 4 aromatic rings. The van der Waals surface area contributed by atoms with Crippen molar-refractivity contribution in [3.8, 4) is 10.4 Å². The summed E-state index contributed by atoms with van der Waals surface area (Å²) in [6, 6.07) is 11.7. The fourth-order valence-corrected chi connectivity index (χ4v) is 4.59. The van der Waals surface area contributed by atoms with Crippen molar-refractivity contribution in [2.75, 3.05) is 43.4 Å². The van der Waals surface area contributed by atoms with E-state index in [9.17, 15) is 4.79 Å². The molecule has 1 N–H and O–H groups in total. The Bertz CT molecular complexity index is 1300. The third-order valence-corrected chi connectivity index (χ3v) is 6.67. The highest BCUT2D eigenvalue weighted by atomic mass is 32.1. The van der Waals surface area contributed by atoms with Crippen molar-refractivity contribution in [2.24, 2.45) is 0 Å². The molecule has 0 aliphatic carbocycles. The van der Waals surface area contributed by atoms with Crippen LogP contribution in [-0.4, -0.2) is 59.0 Å². The summed E-state index contributed by atoms with van der Waals surface area (Å²) >= 11 is 1.67. The first-order valence-electron chi connectivity index (χ1n) is 12.0. The normalized spacial score (nSPS) is 13.9. The Morgan fingerprint density at radius 1 is 1.00 bits per heavy atom. The number of likely N-dealkylation sites (N-methyl/N-ethyl adjacent to an activating group) is 1. The molecule has 0 atom stereocenters. The molecule has 1 amide bonds. The number of thiazole rings is 1. The van der Waals surface area contributed by atoms with Crippen LogP contribution in [0.4, 0.5) is 11.6 Å². The minimum absolute atomic E-state index is 0. The minimum atomic E-state index is -0.191. The summed E-state index contributed by atoms with van der Waals surface area (Å²) in [6.07, 6.45) is 6.63. The summed E-state index contributed by atoms with van der Waals surface area (Å²) in [5.41, 5.74) is 1.68. The molecule has 3 aromatic heterocycles. The molecule has 1 aromatic carbocycles. The fourth-order valence-electron chi connectivity index (χ4n) is 3.81. The van der Waals surface area contributed by atoms with Crippen molar-refractivity contribution in [2.45, 2.75) is 27.2 Å². The van der Waals surface area contributed by atoms with Crippen LogP contribution in [0.5, 0.6) is 0 Å². The zero-order valence-electron chi connectivity index (χ0n) is 20.8. The van der Waals surface area contributed by atoms with E-state index in [-0.39, 0.29) is 7.33 Å². The average Bonchev–Trinajstić information content (AvgIpc) is 3.31. The maximum Gasteiger partial charge on any atom is 0.257 e. The number of amides is 1. The van der Waals surface area contributed by atoms with Crippen LogP contribution < -0.4 is 10.2 Å². The van der Waals surface area contributed by atoms with Gasteiger partial charge in [0.25, 0.3) is 5.91 Å². The highest BCUT2D eigenvalue weighted by Gasteiger charge is 2.17. The monoisotopic (exact) mass is 490 g/mol. The van der Waals surface area contributed by atoms with Crippen molar-refractivity contribution in [1.29, 1.82) is 0 Å². The summed E-state index contributed by atoms with van der Waals surface area (Å²) in [4.78, 5) is 31.8. The third kappa shape index (κ3) is 6.21. The Hall–Kier alpha value is -3.36. The largest absolute Gasteiger partial charge is 0.354 e. The number of benzene rings is 1. The van der Waals surface area contributed by atoms with Gasteiger partial charge in [-0.2, -0.15) is 0 Å². The van der Waals surface area contributed by atoms with Crippen LogP contribution in [0.25, 0.3) is 21.2 Å². The van der Waals surface area contributed by atoms with Crippen molar-refractivity contribution in [3.05, 3.63) is 65.6 Å². The molecule has 0 spiro atoms. The molecule has 0 radical (unpaired) electrons. The van der Waals surface area contributed by atoms with E-state index in [0.717, 1.165) is 58.2 Å². The minimum Gasteiger partial charge on any atom is -0.354 e. The zero-order chi connectivity index (χ0) is 24.8. The first kappa shape index (κ1) is 24.8. The molecule has 4 heterocycles. The number of carbonyl (C=O) groups excluding carboxylic acids is 1. The highest BCUT2D eigenvalue weighted by Crippen LogP contribution is 2.29. The number of piperazine rings is 1. The summed E-state index contributed by atoms with van der Waals surface area (Å²) in [7, 11) is 2.12. The van der Waals surface area contributed by atoms with Gasteiger partial charge in [0.15, 0.2) is 0 Å². The van der Waals surface area contributed by atoms with Gasteiger partial charge in [0.2, 0.25) is 0 Å². The number of aromatic nitrogens is 3. The van der Waals surface area contributed by atoms with Crippen molar-refractivity contribution in [3.63, 3.8) is 0 Å². The zero-order valence-corrected chi connectivity index (χ0v) is 21.6. The third-order valence-electron chi connectivity index (χ3n) is 5.70. The second-order valence-electron chi connectivity index (χ2n) is 8.73. The number of hydrogen-bond donors (Lipinski definition) is 1. The van der Waals surface area contributed by atoms with E-state index in [0.29, 0.717) is 11.4 Å². The molecule has 1 saturated heterocycles. The quantitative estimate of drug-likeness (QED) is 0.394.